The predicted molar refractivity (Wildman–Crippen MR) is 69.9 cm³/mol. The van der Waals surface area contributed by atoms with E-state index >= 15 is 0 Å². The van der Waals surface area contributed by atoms with Crippen molar-refractivity contribution in [3.8, 4) is 0 Å². The smallest absolute Gasteiger partial charge is 0.213 e. The standard InChI is InChI=1S/C14H26N2O/c1-4-6-8-9-11-14(3,10-7-5-2)13-15-12-17-16-13/h12H,4-11H2,1-3H3. The Morgan fingerprint density at radius 1 is 1.06 bits per heavy atom. The summed E-state index contributed by atoms with van der Waals surface area (Å²) in [5.41, 5.74) is 0.108. The van der Waals surface area contributed by atoms with E-state index in [1.807, 2.05) is 0 Å². The van der Waals surface area contributed by atoms with E-state index in [1.54, 1.807) is 0 Å². The molecule has 1 aromatic rings. The molecular formula is C14H26N2O. The molecule has 0 spiro atoms. The molecule has 1 unspecified atom stereocenters. The monoisotopic (exact) mass is 238 g/mol. The lowest BCUT2D eigenvalue weighted by Gasteiger charge is -2.26. The SMILES string of the molecule is CCCCCCC(C)(CCCC)c1ncon1. The first-order valence-corrected chi connectivity index (χ1v) is 7.00. The summed E-state index contributed by atoms with van der Waals surface area (Å²) in [4.78, 5) is 4.26. The third kappa shape index (κ3) is 4.49. The first-order chi connectivity index (χ1) is 8.23. The number of aromatic nitrogens is 2. The van der Waals surface area contributed by atoms with Crippen molar-refractivity contribution in [1.29, 1.82) is 0 Å². The molecule has 1 rings (SSSR count). The zero-order valence-corrected chi connectivity index (χ0v) is 11.5. The fourth-order valence-corrected chi connectivity index (χ4v) is 2.29. The molecular weight excluding hydrogens is 212 g/mol. The van der Waals surface area contributed by atoms with Gasteiger partial charge in [-0.3, -0.25) is 0 Å². The van der Waals surface area contributed by atoms with E-state index in [4.69, 9.17) is 4.52 Å². The van der Waals surface area contributed by atoms with Crippen LogP contribution in [-0.4, -0.2) is 10.1 Å². The van der Waals surface area contributed by atoms with Crippen molar-refractivity contribution in [1.82, 2.24) is 10.1 Å². The maximum Gasteiger partial charge on any atom is 0.213 e. The van der Waals surface area contributed by atoms with E-state index in [0.29, 0.717) is 0 Å². The van der Waals surface area contributed by atoms with E-state index in [9.17, 15) is 0 Å². The van der Waals surface area contributed by atoms with Crippen molar-refractivity contribution < 1.29 is 4.52 Å². The third-order valence-corrected chi connectivity index (χ3v) is 3.57. The first kappa shape index (κ1) is 14.2. The second kappa shape index (κ2) is 7.46. The molecule has 0 aliphatic heterocycles. The summed E-state index contributed by atoms with van der Waals surface area (Å²) in [5, 5.41) is 4.05. The summed E-state index contributed by atoms with van der Waals surface area (Å²) < 4.78 is 4.91. The quantitative estimate of drug-likeness (QED) is 0.595. The van der Waals surface area contributed by atoms with Crippen molar-refractivity contribution in [2.75, 3.05) is 0 Å². The summed E-state index contributed by atoms with van der Waals surface area (Å²) in [6.07, 6.45) is 11.4. The van der Waals surface area contributed by atoms with Gasteiger partial charge in [0.25, 0.3) is 0 Å². The fourth-order valence-electron chi connectivity index (χ4n) is 2.29. The van der Waals surface area contributed by atoms with Crippen LogP contribution in [0.1, 0.15) is 78.0 Å². The van der Waals surface area contributed by atoms with E-state index in [-0.39, 0.29) is 5.41 Å². The Balaban J connectivity index is 2.53. The molecule has 0 saturated heterocycles. The van der Waals surface area contributed by atoms with Crippen LogP contribution in [-0.2, 0) is 5.41 Å². The van der Waals surface area contributed by atoms with Crippen LogP contribution in [0, 0.1) is 0 Å². The van der Waals surface area contributed by atoms with Crippen molar-refractivity contribution >= 4 is 0 Å². The molecule has 0 aliphatic carbocycles. The normalized spacial score (nSPS) is 14.8. The highest BCUT2D eigenvalue weighted by Crippen LogP contribution is 2.32. The molecule has 0 aromatic carbocycles. The van der Waals surface area contributed by atoms with Gasteiger partial charge in [-0.2, -0.15) is 4.98 Å². The summed E-state index contributed by atoms with van der Waals surface area (Å²) in [6.45, 7) is 6.75. The molecule has 3 heteroatoms. The van der Waals surface area contributed by atoms with Crippen LogP contribution in [0.15, 0.2) is 10.9 Å². The fraction of sp³-hybridized carbons (Fsp3) is 0.857. The molecule has 1 atom stereocenters. The molecule has 3 nitrogen and oxygen atoms in total. The number of rotatable bonds is 9. The average molecular weight is 238 g/mol. The highest BCUT2D eigenvalue weighted by Gasteiger charge is 2.29. The van der Waals surface area contributed by atoms with Crippen LogP contribution in [0.2, 0.25) is 0 Å². The zero-order valence-electron chi connectivity index (χ0n) is 11.5. The Kier molecular flexibility index (Phi) is 6.23. The van der Waals surface area contributed by atoms with Gasteiger partial charge in [-0.15, -0.1) is 0 Å². The van der Waals surface area contributed by atoms with E-state index in [1.165, 1.54) is 51.3 Å². The minimum atomic E-state index is 0.108. The highest BCUT2D eigenvalue weighted by atomic mass is 16.5. The molecule has 0 N–H and O–H groups in total. The van der Waals surface area contributed by atoms with Gasteiger partial charge in [0.05, 0.1) is 0 Å². The first-order valence-electron chi connectivity index (χ1n) is 7.00. The van der Waals surface area contributed by atoms with Gasteiger partial charge in [-0.05, 0) is 12.8 Å². The largest absolute Gasteiger partial charge is 0.343 e. The maximum atomic E-state index is 4.91. The van der Waals surface area contributed by atoms with Crippen LogP contribution >= 0.6 is 0 Å². The Bertz CT molecular complexity index is 284. The lowest BCUT2D eigenvalue weighted by molar-refractivity contribution is 0.325. The topological polar surface area (TPSA) is 38.9 Å². The molecule has 0 radical (unpaired) electrons. The van der Waals surface area contributed by atoms with Crippen molar-refractivity contribution in [2.24, 2.45) is 0 Å². The van der Waals surface area contributed by atoms with Gasteiger partial charge >= 0.3 is 0 Å². The van der Waals surface area contributed by atoms with Crippen LogP contribution in [0.25, 0.3) is 0 Å². The number of nitrogens with zero attached hydrogens (tertiary/aromatic N) is 2. The predicted octanol–water partition coefficient (Wildman–Crippen LogP) is 4.49. The highest BCUT2D eigenvalue weighted by molar-refractivity contribution is 5.02. The molecule has 0 saturated carbocycles. The van der Waals surface area contributed by atoms with Gasteiger partial charge in [0.1, 0.15) is 0 Å². The second-order valence-corrected chi connectivity index (χ2v) is 5.23. The van der Waals surface area contributed by atoms with Gasteiger partial charge in [-0.1, -0.05) is 64.5 Å². The molecule has 1 heterocycles. The van der Waals surface area contributed by atoms with Crippen molar-refractivity contribution in [2.45, 2.75) is 77.6 Å². The Morgan fingerprint density at radius 2 is 1.76 bits per heavy atom. The van der Waals surface area contributed by atoms with Gasteiger partial charge in [0.15, 0.2) is 5.82 Å². The third-order valence-electron chi connectivity index (χ3n) is 3.57. The molecule has 98 valence electrons. The average Bonchev–Trinajstić information content (AvgIpc) is 2.86. The van der Waals surface area contributed by atoms with Gasteiger partial charge in [-0.25, -0.2) is 0 Å². The minimum absolute atomic E-state index is 0.108. The Labute approximate surface area is 105 Å². The van der Waals surface area contributed by atoms with Crippen LogP contribution in [0.4, 0.5) is 0 Å². The molecule has 0 fully saturated rings. The second-order valence-electron chi connectivity index (χ2n) is 5.23. The lowest BCUT2D eigenvalue weighted by atomic mass is 9.79. The van der Waals surface area contributed by atoms with Crippen molar-refractivity contribution in [3.63, 3.8) is 0 Å². The summed E-state index contributed by atoms with van der Waals surface area (Å²) in [5.74, 6) is 0.891. The number of unbranched alkanes of at least 4 members (excludes halogenated alkanes) is 4. The Hall–Kier alpha value is -0.860. The molecule has 0 bridgehead atoms. The summed E-state index contributed by atoms with van der Waals surface area (Å²) in [7, 11) is 0. The van der Waals surface area contributed by atoms with E-state index in [0.717, 1.165) is 12.2 Å². The van der Waals surface area contributed by atoms with Crippen LogP contribution in [0.3, 0.4) is 0 Å². The summed E-state index contributed by atoms with van der Waals surface area (Å²) >= 11 is 0. The Morgan fingerprint density at radius 3 is 2.35 bits per heavy atom. The summed E-state index contributed by atoms with van der Waals surface area (Å²) in [6, 6.07) is 0. The van der Waals surface area contributed by atoms with E-state index < -0.39 is 0 Å². The maximum absolute atomic E-state index is 4.91. The van der Waals surface area contributed by atoms with Gasteiger partial charge in [0.2, 0.25) is 6.39 Å². The van der Waals surface area contributed by atoms with Crippen LogP contribution in [0.5, 0.6) is 0 Å². The van der Waals surface area contributed by atoms with Crippen molar-refractivity contribution in [3.05, 3.63) is 12.2 Å². The number of hydrogen-bond acceptors (Lipinski definition) is 3. The molecule has 0 aliphatic rings. The minimum Gasteiger partial charge on any atom is -0.343 e. The van der Waals surface area contributed by atoms with E-state index in [2.05, 4.69) is 30.9 Å². The van der Waals surface area contributed by atoms with Crippen LogP contribution < -0.4 is 0 Å². The van der Waals surface area contributed by atoms with Gasteiger partial charge < -0.3 is 4.52 Å². The zero-order chi connectivity index (χ0) is 12.6. The number of hydrogen-bond donors (Lipinski definition) is 0. The molecule has 1 aromatic heterocycles. The molecule has 0 amide bonds. The lowest BCUT2D eigenvalue weighted by Crippen LogP contribution is -2.23. The van der Waals surface area contributed by atoms with Gasteiger partial charge in [0, 0.05) is 5.41 Å². The molecule has 17 heavy (non-hydrogen) atoms.